The molecule has 0 fully saturated rings. The molecule has 0 saturated carbocycles. The lowest BCUT2D eigenvalue weighted by atomic mass is 10.2. The van der Waals surface area contributed by atoms with Gasteiger partial charge in [-0.25, -0.2) is 0 Å². The predicted octanol–water partition coefficient (Wildman–Crippen LogP) is 2.99. The van der Waals surface area contributed by atoms with Crippen LogP contribution in [0.3, 0.4) is 0 Å². The van der Waals surface area contributed by atoms with Crippen LogP contribution in [0.4, 0.5) is 18.9 Å². The number of alkyl halides is 3. The highest BCUT2D eigenvalue weighted by molar-refractivity contribution is 5.50. The third-order valence-corrected chi connectivity index (χ3v) is 1.97. The van der Waals surface area contributed by atoms with E-state index in [4.69, 9.17) is 0 Å². The topological polar surface area (TPSA) is 21.3 Å². The van der Waals surface area contributed by atoms with Crippen molar-refractivity contribution in [2.75, 3.05) is 25.1 Å². The van der Waals surface area contributed by atoms with Crippen molar-refractivity contribution in [2.24, 2.45) is 0 Å². The molecule has 90 valence electrons. The van der Waals surface area contributed by atoms with Crippen LogP contribution in [0.25, 0.3) is 0 Å². The zero-order chi connectivity index (χ0) is 12.0. The second kappa shape index (κ2) is 5.75. The van der Waals surface area contributed by atoms with Gasteiger partial charge in [0.15, 0.2) is 0 Å². The molecule has 0 amide bonds. The van der Waals surface area contributed by atoms with Gasteiger partial charge in [-0.3, -0.25) is 0 Å². The van der Waals surface area contributed by atoms with Crippen LogP contribution in [0, 0.1) is 6.92 Å². The number of nitrogens with one attached hydrogen (secondary N) is 1. The lowest BCUT2D eigenvalue weighted by Crippen LogP contribution is -2.20. The Morgan fingerprint density at radius 2 is 1.94 bits per heavy atom. The lowest BCUT2D eigenvalue weighted by molar-refractivity contribution is -0.172. The number of ether oxygens (including phenoxy) is 1. The Kier molecular flexibility index (Phi) is 4.61. The monoisotopic (exact) mass is 233 g/mol. The summed E-state index contributed by atoms with van der Waals surface area (Å²) in [4.78, 5) is 0. The molecule has 0 aliphatic heterocycles. The van der Waals surface area contributed by atoms with Crippen LogP contribution in [-0.4, -0.2) is 25.9 Å². The smallest absolute Gasteiger partial charge is 0.383 e. The Morgan fingerprint density at radius 1 is 1.25 bits per heavy atom. The van der Waals surface area contributed by atoms with Crippen molar-refractivity contribution in [3.05, 3.63) is 29.8 Å². The molecule has 0 radical (unpaired) electrons. The normalized spacial score (nSPS) is 11.5. The van der Waals surface area contributed by atoms with Crippen molar-refractivity contribution in [1.29, 1.82) is 0 Å². The fourth-order valence-corrected chi connectivity index (χ4v) is 1.22. The van der Waals surface area contributed by atoms with Gasteiger partial charge in [-0.15, -0.1) is 0 Å². The van der Waals surface area contributed by atoms with Gasteiger partial charge < -0.3 is 10.1 Å². The number of hydrogen-bond donors (Lipinski definition) is 1. The second-order valence-corrected chi connectivity index (χ2v) is 3.41. The van der Waals surface area contributed by atoms with Crippen LogP contribution in [0.1, 0.15) is 5.56 Å². The first-order chi connectivity index (χ1) is 7.49. The maximum absolute atomic E-state index is 11.7. The molecular formula is C11H14F3NO. The number of benzene rings is 1. The molecule has 0 aliphatic rings. The molecule has 0 bridgehead atoms. The van der Waals surface area contributed by atoms with E-state index in [0.717, 1.165) is 11.3 Å². The first-order valence-electron chi connectivity index (χ1n) is 4.93. The largest absolute Gasteiger partial charge is 0.411 e. The summed E-state index contributed by atoms with van der Waals surface area (Å²) in [5, 5.41) is 3.01. The highest BCUT2D eigenvalue weighted by Gasteiger charge is 2.27. The Balaban J connectivity index is 2.19. The third-order valence-electron chi connectivity index (χ3n) is 1.97. The number of para-hydroxylation sites is 1. The minimum absolute atomic E-state index is 0.0356. The second-order valence-electron chi connectivity index (χ2n) is 3.41. The van der Waals surface area contributed by atoms with E-state index in [1.807, 2.05) is 31.2 Å². The SMILES string of the molecule is Cc1ccccc1NCCOCC(F)(F)F. The Labute approximate surface area is 92.4 Å². The Hall–Kier alpha value is -1.23. The molecular weight excluding hydrogens is 219 g/mol. The average Bonchev–Trinajstić information content (AvgIpc) is 2.18. The van der Waals surface area contributed by atoms with Crippen LogP contribution >= 0.6 is 0 Å². The number of rotatable bonds is 5. The van der Waals surface area contributed by atoms with Gasteiger partial charge in [0.1, 0.15) is 6.61 Å². The molecule has 1 aromatic carbocycles. The number of hydrogen-bond acceptors (Lipinski definition) is 2. The zero-order valence-electron chi connectivity index (χ0n) is 8.97. The van der Waals surface area contributed by atoms with Gasteiger partial charge >= 0.3 is 6.18 Å². The number of anilines is 1. The van der Waals surface area contributed by atoms with Gasteiger partial charge in [0.25, 0.3) is 0 Å². The fraction of sp³-hybridized carbons (Fsp3) is 0.455. The molecule has 0 aromatic heterocycles. The molecule has 0 heterocycles. The van der Waals surface area contributed by atoms with Gasteiger partial charge in [-0.1, -0.05) is 18.2 Å². The molecule has 1 aromatic rings. The van der Waals surface area contributed by atoms with Crippen molar-refractivity contribution in [2.45, 2.75) is 13.1 Å². The first kappa shape index (κ1) is 12.8. The highest BCUT2D eigenvalue weighted by atomic mass is 19.4. The molecule has 16 heavy (non-hydrogen) atoms. The van der Waals surface area contributed by atoms with Crippen LogP contribution in [-0.2, 0) is 4.74 Å². The van der Waals surface area contributed by atoms with Crippen LogP contribution in [0.2, 0.25) is 0 Å². The summed E-state index contributed by atoms with van der Waals surface area (Å²) in [7, 11) is 0. The van der Waals surface area contributed by atoms with Gasteiger partial charge in [-0.2, -0.15) is 13.2 Å². The Morgan fingerprint density at radius 3 is 2.56 bits per heavy atom. The predicted molar refractivity (Wildman–Crippen MR) is 56.5 cm³/mol. The van der Waals surface area contributed by atoms with Gasteiger partial charge in [0.2, 0.25) is 0 Å². The van der Waals surface area contributed by atoms with Crippen LogP contribution in [0.5, 0.6) is 0 Å². The molecule has 0 unspecified atom stereocenters. The van der Waals surface area contributed by atoms with E-state index in [1.54, 1.807) is 0 Å². The minimum atomic E-state index is -4.25. The van der Waals surface area contributed by atoms with Crippen molar-refractivity contribution in [3.63, 3.8) is 0 Å². The molecule has 0 saturated heterocycles. The summed E-state index contributed by atoms with van der Waals surface area (Å²) in [6.45, 7) is 1.14. The van der Waals surface area contributed by atoms with E-state index in [2.05, 4.69) is 10.1 Å². The third kappa shape index (κ3) is 5.02. The summed E-state index contributed by atoms with van der Waals surface area (Å²) in [6, 6.07) is 7.57. The van der Waals surface area contributed by atoms with E-state index in [-0.39, 0.29) is 6.61 Å². The minimum Gasteiger partial charge on any atom is -0.383 e. The Bertz CT molecular complexity index is 325. The van der Waals surface area contributed by atoms with Crippen LogP contribution < -0.4 is 5.32 Å². The molecule has 1 N–H and O–H groups in total. The summed E-state index contributed by atoms with van der Waals surface area (Å²) in [5.74, 6) is 0. The summed E-state index contributed by atoms with van der Waals surface area (Å²) in [6.07, 6.45) is -4.25. The van der Waals surface area contributed by atoms with Crippen molar-refractivity contribution < 1.29 is 17.9 Å². The number of aryl methyl sites for hydroxylation is 1. The van der Waals surface area contributed by atoms with Crippen molar-refractivity contribution in [1.82, 2.24) is 0 Å². The number of halogens is 3. The molecule has 0 atom stereocenters. The quantitative estimate of drug-likeness (QED) is 0.789. The molecule has 2 nitrogen and oxygen atoms in total. The molecule has 5 heteroatoms. The first-order valence-corrected chi connectivity index (χ1v) is 4.93. The standard InChI is InChI=1S/C11H14F3NO/c1-9-4-2-3-5-10(9)15-6-7-16-8-11(12,13)14/h2-5,15H,6-8H2,1H3. The zero-order valence-corrected chi connectivity index (χ0v) is 8.97. The molecule has 0 aliphatic carbocycles. The van der Waals surface area contributed by atoms with E-state index < -0.39 is 12.8 Å². The summed E-state index contributed by atoms with van der Waals surface area (Å²) >= 11 is 0. The van der Waals surface area contributed by atoms with E-state index >= 15 is 0 Å². The fourth-order valence-electron chi connectivity index (χ4n) is 1.22. The van der Waals surface area contributed by atoms with Crippen molar-refractivity contribution >= 4 is 5.69 Å². The van der Waals surface area contributed by atoms with Crippen LogP contribution in [0.15, 0.2) is 24.3 Å². The maximum atomic E-state index is 11.7. The maximum Gasteiger partial charge on any atom is 0.411 e. The average molecular weight is 233 g/mol. The van der Waals surface area contributed by atoms with E-state index in [1.165, 1.54) is 0 Å². The summed E-state index contributed by atoms with van der Waals surface area (Å²) in [5.41, 5.74) is 1.97. The molecule has 1 rings (SSSR count). The van der Waals surface area contributed by atoms with Gasteiger partial charge in [-0.05, 0) is 18.6 Å². The van der Waals surface area contributed by atoms with E-state index in [0.29, 0.717) is 6.54 Å². The van der Waals surface area contributed by atoms with Gasteiger partial charge in [0.05, 0.1) is 6.61 Å². The van der Waals surface area contributed by atoms with Gasteiger partial charge in [0, 0.05) is 12.2 Å². The highest BCUT2D eigenvalue weighted by Crippen LogP contribution is 2.15. The van der Waals surface area contributed by atoms with E-state index in [9.17, 15) is 13.2 Å². The molecule has 0 spiro atoms. The summed E-state index contributed by atoms with van der Waals surface area (Å²) < 4.78 is 39.6. The lowest BCUT2D eigenvalue weighted by Gasteiger charge is -2.10. The van der Waals surface area contributed by atoms with Crippen molar-refractivity contribution in [3.8, 4) is 0 Å².